The molecule has 3 N–H and O–H groups in total. The van der Waals surface area contributed by atoms with Gasteiger partial charge in [-0.3, -0.25) is 0 Å². The second-order valence-electron chi connectivity index (χ2n) is 3.26. The Hall–Kier alpha value is -1.09. The Labute approximate surface area is 85.1 Å². The van der Waals surface area contributed by atoms with E-state index < -0.39 is 24.6 Å². The van der Waals surface area contributed by atoms with Gasteiger partial charge >= 0.3 is 0 Å². The van der Waals surface area contributed by atoms with Gasteiger partial charge in [0.2, 0.25) is 5.82 Å². The van der Waals surface area contributed by atoms with E-state index in [0.717, 1.165) is 0 Å². The minimum absolute atomic E-state index is 0.153. The summed E-state index contributed by atoms with van der Waals surface area (Å²) in [5.74, 6) is 0.153. The van der Waals surface area contributed by atoms with Crippen LogP contribution in [-0.4, -0.2) is 54.0 Å². The molecule has 1 unspecified atom stereocenters. The van der Waals surface area contributed by atoms with Crippen molar-refractivity contribution in [2.24, 2.45) is 0 Å². The number of hydrogen-bond donors (Lipinski definition) is 3. The number of aliphatic hydroxyl groups excluding tert-OH is 3. The predicted molar refractivity (Wildman–Crippen MR) is 45.3 cm³/mol. The number of aryl methyl sites for hydroxylation is 1. The average molecular weight is 216 g/mol. The van der Waals surface area contributed by atoms with Gasteiger partial charge in [0.15, 0.2) is 12.4 Å². The van der Waals surface area contributed by atoms with Crippen LogP contribution in [0.2, 0.25) is 0 Å². The molecule has 1 aromatic heterocycles. The van der Waals surface area contributed by atoms with Gasteiger partial charge in [0.1, 0.15) is 12.2 Å². The molecule has 0 aliphatic carbocycles. The third-order valence-corrected chi connectivity index (χ3v) is 2.24. The molecule has 2 rings (SSSR count). The lowest BCUT2D eigenvalue weighted by Gasteiger charge is -2.09. The van der Waals surface area contributed by atoms with Crippen molar-refractivity contribution in [3.05, 3.63) is 5.82 Å². The molecular weight excluding hydrogens is 204 g/mol. The quantitative estimate of drug-likeness (QED) is 0.514. The van der Waals surface area contributed by atoms with Gasteiger partial charge in [0.05, 0.1) is 6.54 Å². The van der Waals surface area contributed by atoms with E-state index in [2.05, 4.69) is 15.4 Å². The van der Waals surface area contributed by atoms with Crippen molar-refractivity contribution in [3.63, 3.8) is 0 Å². The van der Waals surface area contributed by atoms with Gasteiger partial charge in [-0.25, -0.2) is 0 Å². The summed E-state index contributed by atoms with van der Waals surface area (Å²) in [7, 11) is 0. The molecule has 0 amide bonds. The molecule has 1 fully saturated rings. The highest BCUT2D eigenvalue weighted by Gasteiger charge is 2.44. The fraction of sp³-hybridized carbons (Fsp3) is 0.857. The van der Waals surface area contributed by atoms with Gasteiger partial charge in [0.25, 0.3) is 0 Å². The molecule has 15 heavy (non-hydrogen) atoms. The van der Waals surface area contributed by atoms with Crippen molar-refractivity contribution in [1.82, 2.24) is 20.2 Å². The van der Waals surface area contributed by atoms with Gasteiger partial charge < -0.3 is 20.1 Å². The van der Waals surface area contributed by atoms with E-state index >= 15 is 0 Å². The summed E-state index contributed by atoms with van der Waals surface area (Å²) < 4.78 is 4.91. The molecular formula is C7H12N4O4. The van der Waals surface area contributed by atoms with Crippen LogP contribution in [0, 0.1) is 0 Å². The first-order valence-electron chi connectivity index (χ1n) is 4.61. The van der Waals surface area contributed by atoms with E-state index in [0.29, 0.717) is 6.54 Å². The number of aromatic nitrogens is 4. The zero-order valence-electron chi connectivity index (χ0n) is 8.06. The molecule has 2 heterocycles. The smallest absolute Gasteiger partial charge is 0.206 e. The van der Waals surface area contributed by atoms with Crippen molar-refractivity contribution >= 4 is 0 Å². The highest BCUT2D eigenvalue weighted by molar-refractivity contribution is 4.97. The van der Waals surface area contributed by atoms with Crippen molar-refractivity contribution in [1.29, 1.82) is 0 Å². The summed E-state index contributed by atoms with van der Waals surface area (Å²) in [4.78, 5) is 1.32. The molecule has 0 spiro atoms. The largest absolute Gasteiger partial charge is 0.387 e. The normalized spacial score (nSPS) is 36.0. The summed E-state index contributed by atoms with van der Waals surface area (Å²) in [5.41, 5.74) is 0. The number of aliphatic hydroxyl groups is 3. The van der Waals surface area contributed by atoms with Crippen LogP contribution in [0.5, 0.6) is 0 Å². The molecule has 0 saturated carbocycles. The average Bonchev–Trinajstić information content (AvgIpc) is 2.79. The maximum absolute atomic E-state index is 9.51. The van der Waals surface area contributed by atoms with E-state index in [9.17, 15) is 10.2 Å². The van der Waals surface area contributed by atoms with Crippen molar-refractivity contribution in [3.8, 4) is 0 Å². The van der Waals surface area contributed by atoms with Crippen LogP contribution >= 0.6 is 0 Å². The summed E-state index contributed by atoms with van der Waals surface area (Å²) in [5, 5.41) is 39.2. The minimum atomic E-state index is -1.42. The Bertz CT molecular complexity index is 343. The number of rotatable bonds is 2. The van der Waals surface area contributed by atoms with E-state index in [1.807, 2.05) is 6.92 Å². The molecule has 1 aliphatic heterocycles. The highest BCUT2D eigenvalue weighted by atomic mass is 16.6. The monoisotopic (exact) mass is 216 g/mol. The van der Waals surface area contributed by atoms with Crippen LogP contribution < -0.4 is 0 Å². The minimum Gasteiger partial charge on any atom is -0.387 e. The molecule has 4 atom stereocenters. The van der Waals surface area contributed by atoms with Crippen LogP contribution in [0.25, 0.3) is 0 Å². The number of ether oxygens (including phenoxy) is 1. The van der Waals surface area contributed by atoms with Crippen molar-refractivity contribution < 1.29 is 20.1 Å². The van der Waals surface area contributed by atoms with E-state index in [-0.39, 0.29) is 5.82 Å². The molecule has 8 heteroatoms. The van der Waals surface area contributed by atoms with Crippen LogP contribution in [0.1, 0.15) is 18.9 Å². The zero-order chi connectivity index (χ0) is 11.0. The van der Waals surface area contributed by atoms with Gasteiger partial charge in [-0.15, -0.1) is 10.2 Å². The topological polar surface area (TPSA) is 114 Å². The Morgan fingerprint density at radius 2 is 2.07 bits per heavy atom. The standard InChI is InChI=1S/C7H12N4O4/c1-2-11-9-6(8-10-11)5-3(12)4(13)7(14)15-5/h3-5,7,12-14H,2H2,1H3/t3-,4?,5-,7+/m0/s1. The van der Waals surface area contributed by atoms with E-state index in [4.69, 9.17) is 9.84 Å². The highest BCUT2D eigenvalue weighted by Crippen LogP contribution is 2.29. The lowest BCUT2D eigenvalue weighted by Crippen LogP contribution is -2.30. The fourth-order valence-corrected chi connectivity index (χ4v) is 1.38. The second-order valence-corrected chi connectivity index (χ2v) is 3.26. The number of nitrogens with zero attached hydrogens (tertiary/aromatic N) is 4. The van der Waals surface area contributed by atoms with Gasteiger partial charge in [-0.05, 0) is 12.1 Å². The Balaban J connectivity index is 2.17. The summed E-state index contributed by atoms with van der Waals surface area (Å²) >= 11 is 0. The lowest BCUT2D eigenvalue weighted by atomic mass is 10.1. The Morgan fingerprint density at radius 1 is 1.33 bits per heavy atom. The van der Waals surface area contributed by atoms with Crippen LogP contribution in [0.3, 0.4) is 0 Å². The fourth-order valence-electron chi connectivity index (χ4n) is 1.38. The summed E-state index contributed by atoms with van der Waals surface area (Å²) in [6.07, 6.45) is -4.94. The molecule has 1 saturated heterocycles. The number of tetrazole rings is 1. The molecule has 0 bridgehead atoms. The molecule has 0 radical (unpaired) electrons. The van der Waals surface area contributed by atoms with Crippen LogP contribution in [0.15, 0.2) is 0 Å². The van der Waals surface area contributed by atoms with Crippen molar-refractivity contribution in [2.75, 3.05) is 0 Å². The van der Waals surface area contributed by atoms with E-state index in [1.54, 1.807) is 0 Å². The third kappa shape index (κ3) is 1.72. The first kappa shape index (κ1) is 10.4. The first-order valence-corrected chi connectivity index (χ1v) is 4.61. The van der Waals surface area contributed by atoms with Gasteiger partial charge in [-0.1, -0.05) is 0 Å². The van der Waals surface area contributed by atoms with Crippen LogP contribution in [0.4, 0.5) is 0 Å². The van der Waals surface area contributed by atoms with E-state index in [1.165, 1.54) is 4.80 Å². The summed E-state index contributed by atoms with van der Waals surface area (Å²) in [6, 6.07) is 0. The zero-order valence-corrected chi connectivity index (χ0v) is 8.06. The van der Waals surface area contributed by atoms with Gasteiger partial charge in [-0.2, -0.15) is 4.80 Å². The number of hydrogen-bond acceptors (Lipinski definition) is 7. The van der Waals surface area contributed by atoms with Crippen LogP contribution in [-0.2, 0) is 11.3 Å². The lowest BCUT2D eigenvalue weighted by molar-refractivity contribution is -0.129. The first-order chi connectivity index (χ1) is 7.13. The molecule has 1 aromatic rings. The molecule has 8 nitrogen and oxygen atoms in total. The maximum atomic E-state index is 9.51. The summed E-state index contributed by atoms with van der Waals surface area (Å²) in [6.45, 7) is 2.38. The SMILES string of the molecule is CCn1nnc([C@H]2O[C@@H](O)C(O)[C@@H]2O)n1. The maximum Gasteiger partial charge on any atom is 0.206 e. The second kappa shape index (κ2) is 3.81. The Kier molecular flexibility index (Phi) is 2.65. The third-order valence-electron chi connectivity index (χ3n) is 2.24. The molecule has 84 valence electrons. The predicted octanol–water partition coefficient (Wildman–Crippen LogP) is -2.20. The Morgan fingerprint density at radius 3 is 2.53 bits per heavy atom. The van der Waals surface area contributed by atoms with Crippen molar-refractivity contribution in [2.45, 2.75) is 38.1 Å². The molecule has 1 aliphatic rings. The van der Waals surface area contributed by atoms with Gasteiger partial charge in [0, 0.05) is 0 Å². The molecule has 0 aromatic carbocycles.